The third-order valence-corrected chi connectivity index (χ3v) is 15.5. The Hall–Kier alpha value is -2.81. The molecule has 0 aromatic rings. The highest BCUT2D eigenvalue weighted by atomic mass is 31.2. The van der Waals surface area contributed by atoms with E-state index in [2.05, 4.69) is 98.9 Å². The van der Waals surface area contributed by atoms with E-state index < -0.39 is 26.5 Å². The number of phosphoric acid groups is 1. The minimum absolute atomic E-state index is 0.0537. The van der Waals surface area contributed by atoms with Gasteiger partial charge >= 0.3 is 19.8 Å². The molecule has 0 heterocycles. The molecule has 9 nitrogen and oxygen atoms in total. The van der Waals surface area contributed by atoms with E-state index in [0.29, 0.717) is 6.42 Å². The fraction of sp³-hybridized carbons (Fsp3) is 0.771. The summed E-state index contributed by atoms with van der Waals surface area (Å²) in [4.78, 5) is 35.3. The summed E-state index contributed by atoms with van der Waals surface area (Å²) < 4.78 is 33.1. The third-order valence-electron chi connectivity index (χ3n) is 14.5. The molecule has 0 rings (SSSR count). The molecular weight excluding hydrogens is 1010 g/mol. The van der Waals surface area contributed by atoms with E-state index in [4.69, 9.17) is 24.3 Å². The van der Waals surface area contributed by atoms with E-state index in [1.54, 1.807) is 0 Å². The number of unbranched alkanes of at least 4 members (excludes halogenated alkanes) is 36. The monoisotopic (exact) mass is 1140 g/mol. The predicted molar refractivity (Wildman–Crippen MR) is 344 cm³/mol. The lowest BCUT2D eigenvalue weighted by molar-refractivity contribution is -0.161. The summed E-state index contributed by atoms with van der Waals surface area (Å²) >= 11 is 0. The maximum Gasteiger partial charge on any atom is 0.472 e. The SMILES string of the molecule is CC/C=C\C/C=C\C/C=C\C/C=C\C/C=C\C/C=C\C/C=C\CCCCCCCCCCCCCCCCCCCC(=O)OC(COC(=O)CCCCCCCCCCCCCCCCCCCCCC)COP(=O)(O)OCCN. The summed E-state index contributed by atoms with van der Waals surface area (Å²) in [5.41, 5.74) is 5.40. The van der Waals surface area contributed by atoms with Gasteiger partial charge in [0.15, 0.2) is 6.10 Å². The Morgan fingerprint density at radius 3 is 1.02 bits per heavy atom. The first-order valence-electron chi connectivity index (χ1n) is 33.6. The number of carbonyl (C=O) groups is 2. The molecule has 0 bridgehead atoms. The molecule has 0 aliphatic rings. The Balaban J connectivity index is 3.85. The average molecular weight is 1140 g/mol. The first kappa shape index (κ1) is 77.2. The lowest BCUT2D eigenvalue weighted by Crippen LogP contribution is -2.29. The number of ether oxygens (including phenoxy) is 2. The van der Waals surface area contributed by atoms with Gasteiger partial charge in [-0.15, -0.1) is 0 Å². The summed E-state index contributed by atoms with van der Waals surface area (Å²) in [5.74, 6) is -0.813. The van der Waals surface area contributed by atoms with Crippen molar-refractivity contribution in [1.29, 1.82) is 0 Å². The van der Waals surface area contributed by atoms with Gasteiger partial charge in [0.2, 0.25) is 0 Å². The van der Waals surface area contributed by atoms with E-state index >= 15 is 0 Å². The highest BCUT2D eigenvalue weighted by Crippen LogP contribution is 2.43. The second kappa shape index (κ2) is 65.3. The maximum absolute atomic E-state index is 12.7. The van der Waals surface area contributed by atoms with Crippen LogP contribution in [0, 0.1) is 0 Å². The van der Waals surface area contributed by atoms with E-state index in [1.165, 1.54) is 199 Å². The van der Waals surface area contributed by atoms with Crippen LogP contribution in [0.1, 0.15) is 316 Å². The van der Waals surface area contributed by atoms with E-state index in [-0.39, 0.29) is 38.6 Å². The van der Waals surface area contributed by atoms with Crippen molar-refractivity contribution in [3.8, 4) is 0 Å². The zero-order chi connectivity index (χ0) is 58.0. The van der Waals surface area contributed by atoms with Crippen molar-refractivity contribution in [2.24, 2.45) is 5.73 Å². The van der Waals surface area contributed by atoms with Crippen LogP contribution in [-0.4, -0.2) is 49.3 Å². The van der Waals surface area contributed by atoms with Gasteiger partial charge in [0.1, 0.15) is 6.61 Å². The smallest absolute Gasteiger partial charge is 0.462 e. The summed E-state index contributed by atoms with van der Waals surface area (Å²) in [7, 11) is -4.39. The van der Waals surface area contributed by atoms with E-state index in [1.807, 2.05) is 0 Å². The van der Waals surface area contributed by atoms with Crippen molar-refractivity contribution in [2.75, 3.05) is 26.4 Å². The highest BCUT2D eigenvalue weighted by molar-refractivity contribution is 7.47. The Kier molecular flexibility index (Phi) is 63.0. The van der Waals surface area contributed by atoms with Gasteiger partial charge in [-0.2, -0.15) is 0 Å². The number of esters is 2. The number of hydrogen-bond donors (Lipinski definition) is 2. The first-order chi connectivity index (χ1) is 39.3. The summed E-state index contributed by atoms with van der Waals surface area (Å²) in [6, 6.07) is 0. The van der Waals surface area contributed by atoms with Crippen LogP contribution in [0.5, 0.6) is 0 Å². The first-order valence-corrected chi connectivity index (χ1v) is 35.1. The molecule has 80 heavy (non-hydrogen) atoms. The van der Waals surface area contributed by atoms with Crippen LogP contribution in [-0.2, 0) is 32.7 Å². The van der Waals surface area contributed by atoms with E-state index in [9.17, 15) is 19.0 Å². The van der Waals surface area contributed by atoms with Gasteiger partial charge < -0.3 is 20.1 Å². The number of nitrogens with two attached hydrogens (primary N) is 1. The lowest BCUT2D eigenvalue weighted by Gasteiger charge is -2.19. The van der Waals surface area contributed by atoms with Crippen molar-refractivity contribution in [1.82, 2.24) is 0 Å². The molecule has 0 aliphatic carbocycles. The van der Waals surface area contributed by atoms with Crippen LogP contribution in [0.4, 0.5) is 0 Å². The van der Waals surface area contributed by atoms with Crippen LogP contribution < -0.4 is 5.73 Å². The van der Waals surface area contributed by atoms with Crippen LogP contribution in [0.25, 0.3) is 0 Å². The molecular formula is C70H126NO8P. The van der Waals surface area contributed by atoms with Crippen molar-refractivity contribution >= 4 is 19.8 Å². The van der Waals surface area contributed by atoms with Crippen LogP contribution in [0.3, 0.4) is 0 Å². The molecule has 0 fully saturated rings. The lowest BCUT2D eigenvalue weighted by atomic mass is 10.0. The van der Waals surface area contributed by atoms with Crippen LogP contribution in [0.2, 0.25) is 0 Å². The topological polar surface area (TPSA) is 134 Å². The van der Waals surface area contributed by atoms with Crippen molar-refractivity contribution in [2.45, 2.75) is 322 Å². The number of rotatable bonds is 63. The third kappa shape index (κ3) is 64.4. The second-order valence-electron chi connectivity index (χ2n) is 22.3. The minimum Gasteiger partial charge on any atom is -0.462 e. The number of carbonyl (C=O) groups excluding carboxylic acids is 2. The van der Waals surface area contributed by atoms with E-state index in [0.717, 1.165) is 83.5 Å². The quantitative estimate of drug-likeness (QED) is 0.0264. The van der Waals surface area contributed by atoms with Gasteiger partial charge in [-0.05, 0) is 70.6 Å². The molecule has 0 radical (unpaired) electrons. The number of hydrogen-bond acceptors (Lipinski definition) is 8. The van der Waals surface area contributed by atoms with Gasteiger partial charge in [-0.25, -0.2) is 4.57 Å². The van der Waals surface area contributed by atoms with Gasteiger partial charge in [-0.3, -0.25) is 18.6 Å². The molecule has 0 aromatic heterocycles. The summed E-state index contributed by atoms with van der Waals surface area (Å²) in [6.45, 7) is 3.68. The number of phosphoric ester groups is 1. The minimum atomic E-state index is -4.39. The Morgan fingerprint density at radius 1 is 0.388 bits per heavy atom. The Labute approximate surface area is 494 Å². The fourth-order valence-electron chi connectivity index (χ4n) is 9.62. The standard InChI is InChI=1S/C70H126NO8P/c1-3-5-7-9-11-13-15-17-19-21-23-25-26-27-28-29-30-31-32-33-34-35-36-37-38-39-40-41-42-43-45-47-49-51-53-55-57-59-61-63-70(73)79-68(67-78-80(74,75)77-65-64-71)66-76-69(72)62-60-58-56-54-52-50-48-46-44-24-22-20-18-16-14-12-10-8-6-4-2/h5,7,11,13,17,19,23,25,27-28,30-31,33-34,68H,3-4,6,8-10,12,14-16,18,20-22,24,26,29,32,35-67,71H2,1-2H3,(H,74,75)/b7-5-,13-11-,19-17-,25-23-,28-27-,31-30-,34-33-. The largest absolute Gasteiger partial charge is 0.472 e. The van der Waals surface area contributed by atoms with Crippen LogP contribution in [0.15, 0.2) is 85.1 Å². The molecule has 0 amide bonds. The summed E-state index contributed by atoms with van der Waals surface area (Å²) in [5, 5.41) is 0. The van der Waals surface area contributed by atoms with Gasteiger partial charge in [0.25, 0.3) is 0 Å². The molecule has 464 valence electrons. The maximum atomic E-state index is 12.7. The fourth-order valence-corrected chi connectivity index (χ4v) is 10.4. The zero-order valence-electron chi connectivity index (χ0n) is 52.1. The molecule has 2 atom stereocenters. The summed E-state index contributed by atoms with van der Waals surface area (Å²) in [6.07, 6.45) is 86.7. The highest BCUT2D eigenvalue weighted by Gasteiger charge is 2.26. The average Bonchev–Trinajstić information content (AvgIpc) is 3.45. The molecule has 0 saturated carbocycles. The Bertz CT molecular complexity index is 1590. The molecule has 0 spiro atoms. The normalized spacial score (nSPS) is 13.5. The predicted octanol–water partition coefficient (Wildman–Crippen LogP) is 21.8. The molecule has 0 aromatic carbocycles. The van der Waals surface area contributed by atoms with Crippen molar-refractivity contribution < 1.29 is 37.6 Å². The van der Waals surface area contributed by atoms with Crippen molar-refractivity contribution in [3.63, 3.8) is 0 Å². The van der Waals surface area contributed by atoms with Gasteiger partial charge in [0.05, 0.1) is 13.2 Å². The number of allylic oxidation sites excluding steroid dienone is 14. The zero-order valence-corrected chi connectivity index (χ0v) is 52.9. The molecule has 0 aliphatic heterocycles. The molecule has 2 unspecified atom stereocenters. The van der Waals surface area contributed by atoms with Gasteiger partial charge in [0, 0.05) is 19.4 Å². The Morgan fingerprint density at radius 2 is 0.688 bits per heavy atom. The molecule has 3 N–H and O–H groups in total. The van der Waals surface area contributed by atoms with Crippen LogP contribution >= 0.6 is 7.82 Å². The van der Waals surface area contributed by atoms with Crippen molar-refractivity contribution in [3.05, 3.63) is 85.1 Å². The molecule has 10 heteroatoms. The second-order valence-corrected chi connectivity index (χ2v) is 23.8. The molecule has 0 saturated heterocycles. The van der Waals surface area contributed by atoms with Gasteiger partial charge in [-0.1, -0.05) is 317 Å².